The number of sulfone groups is 1. The molecular weight excluding hydrogens is 393 g/mol. The highest BCUT2D eigenvalue weighted by atomic mass is 127. The van der Waals surface area contributed by atoms with E-state index in [1.165, 1.54) is 6.26 Å². The number of rotatable bonds is 8. The van der Waals surface area contributed by atoms with Gasteiger partial charge >= 0.3 is 0 Å². The van der Waals surface area contributed by atoms with Gasteiger partial charge in [0.2, 0.25) is 0 Å². The van der Waals surface area contributed by atoms with Crippen molar-refractivity contribution in [3.8, 4) is 0 Å². The van der Waals surface area contributed by atoms with Crippen LogP contribution < -0.4 is 10.6 Å². The summed E-state index contributed by atoms with van der Waals surface area (Å²) in [5.74, 6) is 0.929. The Kier molecular flexibility index (Phi) is 12.8. The molecule has 0 saturated carbocycles. The number of guanidine groups is 1. The zero-order chi connectivity index (χ0) is 14.9. The normalized spacial score (nSPS) is 15.2. The first-order chi connectivity index (χ1) is 8.78. The van der Waals surface area contributed by atoms with Gasteiger partial charge in [-0.3, -0.25) is 4.99 Å². The molecule has 0 bridgehead atoms. The molecule has 0 aliphatic rings. The van der Waals surface area contributed by atoms with Gasteiger partial charge in [0.05, 0.1) is 5.75 Å². The third kappa shape index (κ3) is 12.9. The van der Waals surface area contributed by atoms with Crippen LogP contribution in [0.2, 0.25) is 0 Å². The number of nitrogens with one attached hydrogen (secondary N) is 2. The minimum absolute atomic E-state index is 0. The molecule has 0 aliphatic carbocycles. The van der Waals surface area contributed by atoms with E-state index in [2.05, 4.69) is 15.6 Å². The van der Waals surface area contributed by atoms with Gasteiger partial charge in [0.25, 0.3) is 0 Å². The summed E-state index contributed by atoms with van der Waals surface area (Å²) in [6, 6.07) is 0.0250. The zero-order valence-electron chi connectivity index (χ0n) is 12.7. The third-order valence-corrected chi connectivity index (χ3v) is 3.50. The van der Waals surface area contributed by atoms with Crippen molar-refractivity contribution < 1.29 is 13.5 Å². The van der Waals surface area contributed by atoms with Crippen LogP contribution in [0.4, 0.5) is 0 Å². The van der Waals surface area contributed by atoms with Crippen molar-refractivity contribution in [3.05, 3.63) is 0 Å². The highest BCUT2D eigenvalue weighted by Gasteiger charge is 2.09. The van der Waals surface area contributed by atoms with Gasteiger partial charge in [-0.1, -0.05) is 6.92 Å². The van der Waals surface area contributed by atoms with E-state index in [4.69, 9.17) is 5.11 Å². The van der Waals surface area contributed by atoms with Crippen molar-refractivity contribution in [1.82, 2.24) is 10.6 Å². The van der Waals surface area contributed by atoms with E-state index in [0.29, 0.717) is 18.9 Å². The number of halogens is 1. The van der Waals surface area contributed by atoms with Crippen molar-refractivity contribution in [2.24, 2.45) is 10.9 Å². The molecule has 3 N–H and O–H groups in total. The molecule has 0 saturated heterocycles. The Bertz CT molecular complexity index is 374. The van der Waals surface area contributed by atoms with Crippen LogP contribution in [-0.4, -0.2) is 57.2 Å². The quantitative estimate of drug-likeness (QED) is 0.304. The molecule has 0 aromatic carbocycles. The van der Waals surface area contributed by atoms with Crippen molar-refractivity contribution in [2.45, 2.75) is 33.2 Å². The van der Waals surface area contributed by atoms with Crippen LogP contribution in [0, 0.1) is 5.92 Å². The van der Waals surface area contributed by atoms with Crippen LogP contribution in [0.15, 0.2) is 4.99 Å². The standard InChI is InChI=1S/C12H27N3O3S.HI/c1-5-13-12(14-8-10(2)9-16)15-11(3)6-7-19(4,17)18;/h10-11,16H,5-9H2,1-4H3,(H2,13,14,15);1H. The van der Waals surface area contributed by atoms with Crippen LogP contribution in [0.3, 0.4) is 0 Å². The first-order valence-electron chi connectivity index (χ1n) is 6.62. The van der Waals surface area contributed by atoms with E-state index < -0.39 is 9.84 Å². The van der Waals surface area contributed by atoms with Crippen LogP contribution in [-0.2, 0) is 9.84 Å². The van der Waals surface area contributed by atoms with Crippen molar-refractivity contribution in [1.29, 1.82) is 0 Å². The van der Waals surface area contributed by atoms with Gasteiger partial charge < -0.3 is 15.7 Å². The first kappa shape index (κ1) is 22.2. The Labute approximate surface area is 139 Å². The van der Waals surface area contributed by atoms with Gasteiger partial charge in [0, 0.05) is 32.0 Å². The molecule has 20 heavy (non-hydrogen) atoms. The van der Waals surface area contributed by atoms with Gasteiger partial charge in [-0.05, 0) is 26.2 Å². The SMILES string of the molecule is CCNC(=NCC(C)CO)NC(C)CCS(C)(=O)=O.I. The second-order valence-corrected chi connectivity index (χ2v) is 7.23. The maximum Gasteiger partial charge on any atom is 0.191 e. The second-order valence-electron chi connectivity index (χ2n) is 4.97. The predicted octanol–water partition coefficient (Wildman–Crippen LogP) is 0.611. The summed E-state index contributed by atoms with van der Waals surface area (Å²) < 4.78 is 22.2. The molecule has 2 unspecified atom stereocenters. The molecule has 0 aromatic rings. The molecular formula is C12H28IN3O3S. The monoisotopic (exact) mass is 421 g/mol. The first-order valence-corrected chi connectivity index (χ1v) is 8.68. The summed E-state index contributed by atoms with van der Waals surface area (Å²) in [5.41, 5.74) is 0. The number of aliphatic imine (C=N–C) groups is 1. The zero-order valence-corrected chi connectivity index (χ0v) is 15.9. The molecule has 2 atom stereocenters. The molecule has 0 heterocycles. The van der Waals surface area contributed by atoms with E-state index in [0.717, 1.165) is 6.54 Å². The lowest BCUT2D eigenvalue weighted by Crippen LogP contribution is -2.43. The van der Waals surface area contributed by atoms with Crippen molar-refractivity contribution in [3.63, 3.8) is 0 Å². The molecule has 0 rings (SSSR count). The third-order valence-electron chi connectivity index (χ3n) is 2.52. The summed E-state index contributed by atoms with van der Waals surface area (Å²) in [5, 5.41) is 15.2. The van der Waals surface area contributed by atoms with E-state index >= 15 is 0 Å². The molecule has 0 radical (unpaired) electrons. The Morgan fingerprint density at radius 3 is 2.40 bits per heavy atom. The Hall–Kier alpha value is -0.0900. The molecule has 0 amide bonds. The van der Waals surface area contributed by atoms with E-state index in [-0.39, 0.29) is 48.3 Å². The maximum absolute atomic E-state index is 11.1. The number of hydrogen-bond donors (Lipinski definition) is 3. The van der Waals surface area contributed by atoms with Gasteiger partial charge in [-0.2, -0.15) is 0 Å². The van der Waals surface area contributed by atoms with E-state index in [9.17, 15) is 8.42 Å². The van der Waals surface area contributed by atoms with Gasteiger partial charge in [0.15, 0.2) is 5.96 Å². The number of aliphatic hydroxyl groups excluding tert-OH is 1. The summed E-state index contributed by atoms with van der Waals surface area (Å²) in [6.07, 6.45) is 1.78. The Balaban J connectivity index is 0. The fraction of sp³-hybridized carbons (Fsp3) is 0.917. The number of aliphatic hydroxyl groups is 1. The summed E-state index contributed by atoms with van der Waals surface area (Å²) in [4.78, 5) is 4.35. The van der Waals surface area contributed by atoms with Crippen LogP contribution in [0.1, 0.15) is 27.2 Å². The average Bonchev–Trinajstić information content (AvgIpc) is 2.32. The van der Waals surface area contributed by atoms with Crippen LogP contribution in [0.5, 0.6) is 0 Å². The lowest BCUT2D eigenvalue weighted by Gasteiger charge is -2.18. The smallest absolute Gasteiger partial charge is 0.191 e. The second kappa shape index (κ2) is 11.6. The molecule has 122 valence electrons. The Morgan fingerprint density at radius 1 is 1.35 bits per heavy atom. The highest BCUT2D eigenvalue weighted by Crippen LogP contribution is 1.97. The van der Waals surface area contributed by atoms with E-state index in [1.807, 2.05) is 20.8 Å². The van der Waals surface area contributed by atoms with Crippen LogP contribution >= 0.6 is 24.0 Å². The molecule has 0 aliphatic heterocycles. The Morgan fingerprint density at radius 2 is 1.95 bits per heavy atom. The predicted molar refractivity (Wildman–Crippen MR) is 94.6 cm³/mol. The van der Waals surface area contributed by atoms with E-state index in [1.54, 1.807) is 0 Å². The summed E-state index contributed by atoms with van der Waals surface area (Å²) >= 11 is 0. The van der Waals surface area contributed by atoms with Gasteiger partial charge in [-0.15, -0.1) is 24.0 Å². The number of nitrogens with zero attached hydrogens (tertiary/aromatic N) is 1. The topological polar surface area (TPSA) is 90.8 Å². The summed E-state index contributed by atoms with van der Waals surface area (Å²) in [7, 11) is -2.93. The number of hydrogen-bond acceptors (Lipinski definition) is 4. The minimum atomic E-state index is -2.93. The minimum Gasteiger partial charge on any atom is -0.396 e. The molecule has 6 nitrogen and oxygen atoms in total. The largest absolute Gasteiger partial charge is 0.396 e. The average molecular weight is 421 g/mol. The van der Waals surface area contributed by atoms with Crippen LogP contribution in [0.25, 0.3) is 0 Å². The molecule has 0 spiro atoms. The lowest BCUT2D eigenvalue weighted by molar-refractivity contribution is 0.241. The fourth-order valence-electron chi connectivity index (χ4n) is 1.32. The lowest BCUT2D eigenvalue weighted by atomic mass is 10.2. The van der Waals surface area contributed by atoms with Gasteiger partial charge in [0.1, 0.15) is 9.84 Å². The fourth-order valence-corrected chi connectivity index (χ4v) is 2.10. The maximum atomic E-state index is 11.1. The van der Waals surface area contributed by atoms with Crippen molar-refractivity contribution >= 4 is 39.8 Å². The summed E-state index contributed by atoms with van der Waals surface area (Å²) in [6.45, 7) is 7.18. The van der Waals surface area contributed by atoms with Gasteiger partial charge in [-0.25, -0.2) is 8.42 Å². The van der Waals surface area contributed by atoms with Crippen molar-refractivity contribution in [2.75, 3.05) is 31.7 Å². The highest BCUT2D eigenvalue weighted by molar-refractivity contribution is 14.0. The molecule has 0 aromatic heterocycles. The molecule has 8 heteroatoms. The molecule has 0 fully saturated rings.